The molecule has 2 fully saturated rings. The Bertz CT molecular complexity index is 665. The molecule has 1 saturated heterocycles. The zero-order valence-electron chi connectivity index (χ0n) is 14.3. The number of amides is 4. The highest BCUT2D eigenvalue weighted by atomic mass is 16.5. The number of carbonyl (C=O) groups is 3. The predicted octanol–water partition coefficient (Wildman–Crippen LogP) is 1.22. The molecule has 0 aromatic heterocycles. The third-order valence-corrected chi connectivity index (χ3v) is 4.90. The summed E-state index contributed by atoms with van der Waals surface area (Å²) >= 11 is 0. The first-order chi connectivity index (χ1) is 12.0. The zero-order chi connectivity index (χ0) is 17.9. The van der Waals surface area contributed by atoms with E-state index in [1.165, 1.54) is 0 Å². The maximum atomic E-state index is 12.5. The van der Waals surface area contributed by atoms with Gasteiger partial charge >= 0.3 is 6.03 Å². The van der Waals surface area contributed by atoms with E-state index in [1.54, 1.807) is 7.11 Å². The van der Waals surface area contributed by atoms with E-state index in [2.05, 4.69) is 10.6 Å². The van der Waals surface area contributed by atoms with Gasteiger partial charge in [0.15, 0.2) is 0 Å². The number of nitrogens with one attached hydrogen (secondary N) is 2. The summed E-state index contributed by atoms with van der Waals surface area (Å²) in [6.07, 6.45) is 3.84. The largest absolute Gasteiger partial charge is 0.497 e. The molecule has 1 aromatic carbocycles. The fraction of sp³-hybridized carbons (Fsp3) is 0.500. The van der Waals surface area contributed by atoms with Gasteiger partial charge in [0.25, 0.3) is 5.91 Å². The van der Waals surface area contributed by atoms with E-state index in [1.807, 2.05) is 24.3 Å². The number of nitrogens with zero attached hydrogens (tertiary/aromatic N) is 1. The Morgan fingerprint density at radius 3 is 2.56 bits per heavy atom. The van der Waals surface area contributed by atoms with Crippen molar-refractivity contribution in [3.8, 4) is 5.75 Å². The molecule has 7 heteroatoms. The Labute approximate surface area is 146 Å². The first-order valence-corrected chi connectivity index (χ1v) is 8.58. The molecule has 4 amide bonds. The second kappa shape index (κ2) is 7.13. The number of methoxy groups -OCH3 is 1. The van der Waals surface area contributed by atoms with Crippen LogP contribution in [0.25, 0.3) is 0 Å². The second-order valence-electron chi connectivity index (χ2n) is 6.56. The van der Waals surface area contributed by atoms with Crippen LogP contribution in [0.5, 0.6) is 5.75 Å². The molecule has 25 heavy (non-hydrogen) atoms. The first-order valence-electron chi connectivity index (χ1n) is 8.58. The average molecular weight is 345 g/mol. The second-order valence-corrected chi connectivity index (χ2v) is 6.56. The maximum absolute atomic E-state index is 12.5. The van der Waals surface area contributed by atoms with Crippen LogP contribution in [-0.4, -0.2) is 48.5 Å². The molecule has 1 aliphatic heterocycles. The molecule has 2 aliphatic rings. The molecule has 134 valence electrons. The summed E-state index contributed by atoms with van der Waals surface area (Å²) in [7, 11) is 1.61. The minimum atomic E-state index is -0.763. The van der Waals surface area contributed by atoms with Gasteiger partial charge in [-0.1, -0.05) is 25.0 Å². The summed E-state index contributed by atoms with van der Waals surface area (Å²) in [5.74, 6) is 0.194. The van der Waals surface area contributed by atoms with E-state index in [0.29, 0.717) is 25.8 Å². The summed E-state index contributed by atoms with van der Waals surface area (Å²) < 4.78 is 5.10. The van der Waals surface area contributed by atoms with Gasteiger partial charge in [-0.3, -0.25) is 14.5 Å². The number of hydrogen-bond acceptors (Lipinski definition) is 4. The summed E-state index contributed by atoms with van der Waals surface area (Å²) in [5.41, 5.74) is 0.307. The average Bonchev–Trinajstić information content (AvgIpc) is 3.17. The summed E-state index contributed by atoms with van der Waals surface area (Å²) in [5, 5.41) is 5.54. The Morgan fingerprint density at radius 1 is 1.24 bits per heavy atom. The molecular formula is C18H23N3O4. The number of rotatable bonds is 6. The number of urea groups is 1. The van der Waals surface area contributed by atoms with Gasteiger partial charge in [-0.2, -0.15) is 0 Å². The van der Waals surface area contributed by atoms with Crippen LogP contribution in [0.2, 0.25) is 0 Å². The van der Waals surface area contributed by atoms with E-state index in [0.717, 1.165) is 29.1 Å². The van der Waals surface area contributed by atoms with Gasteiger partial charge in [-0.15, -0.1) is 0 Å². The minimum Gasteiger partial charge on any atom is -0.497 e. The lowest BCUT2D eigenvalue weighted by Gasteiger charge is -2.19. The van der Waals surface area contributed by atoms with Crippen molar-refractivity contribution in [2.45, 2.75) is 37.6 Å². The van der Waals surface area contributed by atoms with Crippen molar-refractivity contribution in [1.82, 2.24) is 15.5 Å². The van der Waals surface area contributed by atoms with Crippen molar-refractivity contribution >= 4 is 17.8 Å². The summed E-state index contributed by atoms with van der Waals surface area (Å²) in [4.78, 5) is 37.6. The lowest BCUT2D eigenvalue weighted by Crippen LogP contribution is -2.45. The van der Waals surface area contributed by atoms with E-state index in [4.69, 9.17) is 4.74 Å². The summed E-state index contributed by atoms with van der Waals surface area (Å²) in [6.45, 7) is 0.217. The van der Waals surface area contributed by atoms with Crippen molar-refractivity contribution in [3.63, 3.8) is 0 Å². The third-order valence-electron chi connectivity index (χ3n) is 4.90. The molecule has 0 atom stereocenters. The Balaban J connectivity index is 1.47. The molecule has 0 unspecified atom stereocenters. The topological polar surface area (TPSA) is 87.7 Å². The third kappa shape index (κ3) is 3.60. The van der Waals surface area contributed by atoms with E-state index >= 15 is 0 Å². The van der Waals surface area contributed by atoms with Crippen molar-refractivity contribution in [3.05, 3.63) is 29.8 Å². The number of hydrogen-bond donors (Lipinski definition) is 2. The molecule has 1 aromatic rings. The highest BCUT2D eigenvalue weighted by molar-refractivity contribution is 6.09. The number of ether oxygens (including phenoxy) is 1. The van der Waals surface area contributed by atoms with E-state index in [9.17, 15) is 14.4 Å². The highest BCUT2D eigenvalue weighted by Gasteiger charge is 2.52. The van der Waals surface area contributed by atoms with Gasteiger partial charge in [0.2, 0.25) is 5.91 Å². The SMILES string of the molecule is COc1ccc(CCNC(=O)CN2C(=O)NC3(CCCC3)C2=O)cc1. The van der Waals surface area contributed by atoms with Gasteiger partial charge in [-0.25, -0.2) is 4.79 Å². The normalized spacial score (nSPS) is 18.5. The predicted molar refractivity (Wildman–Crippen MR) is 91.2 cm³/mol. The van der Waals surface area contributed by atoms with Crippen LogP contribution in [0.4, 0.5) is 4.79 Å². The van der Waals surface area contributed by atoms with Gasteiger partial charge in [0.1, 0.15) is 17.8 Å². The molecule has 2 N–H and O–H groups in total. The highest BCUT2D eigenvalue weighted by Crippen LogP contribution is 2.34. The number of imide groups is 1. The van der Waals surface area contributed by atoms with Crippen molar-refractivity contribution in [2.75, 3.05) is 20.2 Å². The lowest BCUT2D eigenvalue weighted by molar-refractivity contribution is -0.134. The minimum absolute atomic E-state index is 0.227. The van der Waals surface area contributed by atoms with Crippen LogP contribution in [-0.2, 0) is 16.0 Å². The summed E-state index contributed by atoms with van der Waals surface area (Å²) in [6, 6.07) is 7.15. The molecular weight excluding hydrogens is 322 g/mol. The Hall–Kier alpha value is -2.57. The van der Waals surface area contributed by atoms with E-state index < -0.39 is 11.6 Å². The van der Waals surface area contributed by atoms with E-state index in [-0.39, 0.29) is 18.4 Å². The Morgan fingerprint density at radius 2 is 1.92 bits per heavy atom. The van der Waals surface area contributed by atoms with Gasteiger partial charge < -0.3 is 15.4 Å². The number of benzene rings is 1. The fourth-order valence-corrected chi connectivity index (χ4v) is 3.48. The van der Waals surface area contributed by atoms with Crippen molar-refractivity contribution in [2.24, 2.45) is 0 Å². The van der Waals surface area contributed by atoms with Crippen molar-refractivity contribution in [1.29, 1.82) is 0 Å². The monoisotopic (exact) mass is 345 g/mol. The number of carbonyl (C=O) groups excluding carboxylic acids is 3. The molecule has 0 radical (unpaired) electrons. The van der Waals surface area contributed by atoms with Crippen LogP contribution < -0.4 is 15.4 Å². The first kappa shape index (κ1) is 17.3. The molecule has 0 bridgehead atoms. The molecule has 1 aliphatic carbocycles. The van der Waals surface area contributed by atoms with Crippen molar-refractivity contribution < 1.29 is 19.1 Å². The van der Waals surface area contributed by atoms with Crippen LogP contribution in [0.15, 0.2) is 24.3 Å². The molecule has 3 rings (SSSR count). The fourth-order valence-electron chi connectivity index (χ4n) is 3.48. The molecule has 1 spiro atoms. The molecule has 7 nitrogen and oxygen atoms in total. The quantitative estimate of drug-likeness (QED) is 0.759. The standard InChI is InChI=1S/C18H23N3O4/c1-25-14-6-4-13(5-7-14)8-11-19-15(22)12-21-16(23)18(20-17(21)24)9-2-3-10-18/h4-7H,2-3,8-12H2,1H3,(H,19,22)(H,20,24). The van der Waals surface area contributed by atoms with Crippen LogP contribution in [0.3, 0.4) is 0 Å². The zero-order valence-corrected chi connectivity index (χ0v) is 14.3. The van der Waals surface area contributed by atoms with Gasteiger partial charge in [0, 0.05) is 6.54 Å². The maximum Gasteiger partial charge on any atom is 0.325 e. The Kier molecular flexibility index (Phi) is 4.92. The van der Waals surface area contributed by atoms with Crippen LogP contribution in [0.1, 0.15) is 31.2 Å². The van der Waals surface area contributed by atoms with Crippen LogP contribution in [0, 0.1) is 0 Å². The molecule has 1 saturated carbocycles. The van der Waals surface area contributed by atoms with Crippen LogP contribution >= 0.6 is 0 Å². The van der Waals surface area contributed by atoms with Gasteiger partial charge in [0.05, 0.1) is 7.11 Å². The smallest absolute Gasteiger partial charge is 0.325 e. The lowest BCUT2D eigenvalue weighted by atomic mass is 9.98. The van der Waals surface area contributed by atoms with Gasteiger partial charge in [-0.05, 0) is 37.0 Å². The molecule has 1 heterocycles.